The summed E-state index contributed by atoms with van der Waals surface area (Å²) in [7, 11) is 0. The minimum absolute atomic E-state index is 0.186. The second-order valence-electron chi connectivity index (χ2n) is 5.01. The van der Waals surface area contributed by atoms with Crippen molar-refractivity contribution in [1.82, 2.24) is 9.80 Å². The Morgan fingerprint density at radius 2 is 1.86 bits per heavy atom. The molecular weight excluding hydrogens is 292 g/mol. The van der Waals surface area contributed by atoms with E-state index in [1.54, 1.807) is 24.0 Å². The van der Waals surface area contributed by atoms with Crippen molar-refractivity contribution in [3.05, 3.63) is 29.3 Å². The third-order valence-corrected chi connectivity index (χ3v) is 4.01. The average molecular weight is 311 g/mol. The molecule has 1 aliphatic rings. The van der Waals surface area contributed by atoms with Crippen molar-refractivity contribution < 1.29 is 9.59 Å². The van der Waals surface area contributed by atoms with Crippen LogP contribution in [0.1, 0.15) is 6.92 Å². The molecule has 0 unspecified atom stereocenters. The van der Waals surface area contributed by atoms with E-state index in [1.807, 2.05) is 17.0 Å². The summed E-state index contributed by atoms with van der Waals surface area (Å²) in [5.74, 6) is -0.344. The summed E-state index contributed by atoms with van der Waals surface area (Å²) in [4.78, 5) is 27.0. The van der Waals surface area contributed by atoms with Gasteiger partial charge in [0.2, 0.25) is 5.91 Å². The van der Waals surface area contributed by atoms with E-state index in [2.05, 4.69) is 5.32 Å². The fraction of sp³-hybridized carbons (Fsp3) is 0.429. The lowest BCUT2D eigenvalue weighted by Gasteiger charge is -2.36. The van der Waals surface area contributed by atoms with Crippen LogP contribution in [0.4, 0.5) is 10.5 Å². The normalized spacial score (nSPS) is 17.3. The van der Waals surface area contributed by atoms with E-state index in [9.17, 15) is 9.59 Å². The van der Waals surface area contributed by atoms with Crippen LogP contribution >= 0.6 is 11.6 Å². The zero-order valence-corrected chi connectivity index (χ0v) is 12.6. The Balaban J connectivity index is 1.89. The number of anilines is 1. The Hall–Kier alpha value is -1.79. The second-order valence-corrected chi connectivity index (χ2v) is 5.42. The van der Waals surface area contributed by atoms with Gasteiger partial charge in [0.15, 0.2) is 0 Å². The summed E-state index contributed by atoms with van der Waals surface area (Å²) < 4.78 is 0. The first-order chi connectivity index (χ1) is 9.99. The number of rotatable bonds is 3. The van der Waals surface area contributed by atoms with Crippen molar-refractivity contribution in [2.75, 3.05) is 31.5 Å². The molecule has 0 radical (unpaired) electrons. The van der Waals surface area contributed by atoms with E-state index >= 15 is 0 Å². The predicted molar refractivity (Wildman–Crippen MR) is 82.3 cm³/mol. The van der Waals surface area contributed by atoms with Gasteiger partial charge in [0.1, 0.15) is 0 Å². The highest BCUT2D eigenvalue weighted by molar-refractivity contribution is 6.33. The molecule has 1 fully saturated rings. The van der Waals surface area contributed by atoms with E-state index in [4.69, 9.17) is 17.3 Å². The zero-order valence-electron chi connectivity index (χ0n) is 11.9. The number of primary amides is 1. The van der Waals surface area contributed by atoms with Crippen molar-refractivity contribution in [3.8, 4) is 0 Å². The van der Waals surface area contributed by atoms with Gasteiger partial charge in [0, 0.05) is 26.2 Å². The molecule has 6 nitrogen and oxygen atoms in total. The largest absolute Gasteiger partial charge is 0.368 e. The SMILES string of the molecule is C[C@H](C(N)=O)N1CCN(C(=O)Nc2ccccc2Cl)CC1. The van der Waals surface area contributed by atoms with Gasteiger partial charge >= 0.3 is 6.03 Å². The predicted octanol–water partition coefficient (Wildman–Crippen LogP) is 1.36. The lowest BCUT2D eigenvalue weighted by Crippen LogP contribution is -2.55. The maximum atomic E-state index is 12.2. The van der Waals surface area contributed by atoms with Crippen molar-refractivity contribution in [2.45, 2.75) is 13.0 Å². The summed E-state index contributed by atoms with van der Waals surface area (Å²) >= 11 is 6.01. The number of nitrogens with two attached hydrogens (primary N) is 1. The minimum Gasteiger partial charge on any atom is -0.368 e. The maximum Gasteiger partial charge on any atom is 0.321 e. The molecule has 1 atom stereocenters. The van der Waals surface area contributed by atoms with Gasteiger partial charge in [-0.1, -0.05) is 23.7 Å². The summed E-state index contributed by atoms with van der Waals surface area (Å²) in [6.07, 6.45) is 0. The van der Waals surface area contributed by atoms with Gasteiger partial charge in [-0.15, -0.1) is 0 Å². The highest BCUT2D eigenvalue weighted by atomic mass is 35.5. The smallest absolute Gasteiger partial charge is 0.321 e. The van der Waals surface area contributed by atoms with Gasteiger partial charge in [-0.25, -0.2) is 4.79 Å². The van der Waals surface area contributed by atoms with E-state index in [0.29, 0.717) is 36.9 Å². The minimum atomic E-state index is -0.344. The van der Waals surface area contributed by atoms with Gasteiger partial charge in [-0.3, -0.25) is 9.69 Å². The van der Waals surface area contributed by atoms with Crippen LogP contribution in [0, 0.1) is 0 Å². The van der Waals surface area contributed by atoms with Crippen molar-refractivity contribution in [1.29, 1.82) is 0 Å². The third kappa shape index (κ3) is 3.86. The third-order valence-electron chi connectivity index (χ3n) is 3.68. The molecule has 1 aliphatic heterocycles. The van der Waals surface area contributed by atoms with Crippen LogP contribution in [0.2, 0.25) is 5.02 Å². The van der Waals surface area contributed by atoms with E-state index in [1.165, 1.54) is 0 Å². The first-order valence-electron chi connectivity index (χ1n) is 6.83. The molecule has 0 bridgehead atoms. The lowest BCUT2D eigenvalue weighted by atomic mass is 10.2. The first kappa shape index (κ1) is 15.6. The number of hydrogen-bond acceptors (Lipinski definition) is 3. The Morgan fingerprint density at radius 1 is 1.24 bits per heavy atom. The highest BCUT2D eigenvalue weighted by Gasteiger charge is 2.26. The van der Waals surface area contributed by atoms with Crippen LogP contribution in [0.5, 0.6) is 0 Å². The Labute approximate surface area is 128 Å². The molecule has 0 aliphatic carbocycles. The van der Waals surface area contributed by atoms with E-state index in [0.717, 1.165) is 0 Å². The van der Waals surface area contributed by atoms with Crippen LogP contribution in [0.25, 0.3) is 0 Å². The number of nitrogens with one attached hydrogen (secondary N) is 1. The van der Waals surface area contributed by atoms with Crippen LogP contribution in [-0.4, -0.2) is 54.0 Å². The van der Waals surface area contributed by atoms with Crippen LogP contribution in [0.3, 0.4) is 0 Å². The van der Waals surface area contributed by atoms with Gasteiger partial charge < -0.3 is 16.0 Å². The van der Waals surface area contributed by atoms with Crippen LogP contribution < -0.4 is 11.1 Å². The Bertz CT molecular complexity index is 529. The molecule has 1 aromatic rings. The number of carbonyl (C=O) groups is 2. The molecule has 2 rings (SSSR count). The molecule has 1 saturated heterocycles. The quantitative estimate of drug-likeness (QED) is 0.885. The fourth-order valence-electron chi connectivity index (χ4n) is 2.25. The number of para-hydroxylation sites is 1. The van der Waals surface area contributed by atoms with Crippen molar-refractivity contribution >= 4 is 29.2 Å². The van der Waals surface area contributed by atoms with Crippen LogP contribution in [-0.2, 0) is 4.79 Å². The van der Waals surface area contributed by atoms with Crippen molar-refractivity contribution in [3.63, 3.8) is 0 Å². The van der Waals surface area contributed by atoms with E-state index in [-0.39, 0.29) is 18.0 Å². The molecular formula is C14H19ClN4O2. The number of halogens is 1. The Morgan fingerprint density at radius 3 is 2.43 bits per heavy atom. The van der Waals surface area contributed by atoms with Gasteiger partial charge in [0.25, 0.3) is 0 Å². The molecule has 0 saturated carbocycles. The molecule has 1 heterocycles. The number of hydrogen-bond donors (Lipinski definition) is 2. The standard InChI is InChI=1S/C14H19ClN4O2/c1-10(13(16)20)18-6-8-19(9-7-18)14(21)17-12-5-3-2-4-11(12)15/h2-5,10H,6-9H2,1H3,(H2,16,20)(H,17,21)/t10-/m1/s1. The maximum absolute atomic E-state index is 12.2. The average Bonchev–Trinajstić information content (AvgIpc) is 2.49. The fourth-order valence-corrected chi connectivity index (χ4v) is 2.43. The number of carbonyl (C=O) groups excluding carboxylic acids is 2. The number of urea groups is 1. The Kier molecular flexibility index (Phi) is 5.03. The van der Waals surface area contributed by atoms with E-state index < -0.39 is 0 Å². The molecule has 7 heteroatoms. The van der Waals surface area contributed by atoms with Gasteiger partial charge in [-0.05, 0) is 19.1 Å². The number of amides is 3. The molecule has 0 aromatic heterocycles. The lowest BCUT2D eigenvalue weighted by molar-refractivity contribution is -0.123. The zero-order chi connectivity index (χ0) is 15.4. The van der Waals surface area contributed by atoms with Gasteiger partial charge in [-0.2, -0.15) is 0 Å². The summed E-state index contributed by atoms with van der Waals surface area (Å²) in [6, 6.07) is 6.61. The molecule has 21 heavy (non-hydrogen) atoms. The number of piperazine rings is 1. The summed E-state index contributed by atoms with van der Waals surface area (Å²) in [5, 5.41) is 3.30. The summed E-state index contributed by atoms with van der Waals surface area (Å²) in [6.45, 7) is 4.13. The van der Waals surface area contributed by atoms with Gasteiger partial charge in [0.05, 0.1) is 16.8 Å². The monoisotopic (exact) mass is 310 g/mol. The molecule has 3 amide bonds. The molecule has 3 N–H and O–H groups in total. The number of benzene rings is 1. The molecule has 0 spiro atoms. The molecule has 114 valence electrons. The highest BCUT2D eigenvalue weighted by Crippen LogP contribution is 2.21. The topological polar surface area (TPSA) is 78.7 Å². The first-order valence-corrected chi connectivity index (χ1v) is 7.20. The molecule has 1 aromatic carbocycles. The van der Waals surface area contributed by atoms with Crippen molar-refractivity contribution in [2.24, 2.45) is 5.73 Å². The summed E-state index contributed by atoms with van der Waals surface area (Å²) in [5.41, 5.74) is 5.89. The number of nitrogens with zero attached hydrogens (tertiary/aromatic N) is 2. The second kappa shape index (κ2) is 6.78. The van der Waals surface area contributed by atoms with Crippen LogP contribution in [0.15, 0.2) is 24.3 Å².